The summed E-state index contributed by atoms with van der Waals surface area (Å²) in [7, 11) is 0. The molecule has 0 heterocycles. The Labute approximate surface area is 120 Å². The average Bonchev–Trinajstić information content (AvgIpc) is 2.51. The number of carbonyl (C=O) groups excluding carboxylic acids is 1. The van der Waals surface area contributed by atoms with Gasteiger partial charge in [-0.1, -0.05) is 60.2 Å². The molecule has 0 saturated carbocycles. The van der Waals surface area contributed by atoms with Gasteiger partial charge in [0.15, 0.2) is 5.78 Å². The lowest BCUT2D eigenvalue weighted by Crippen LogP contribution is -2.33. The minimum Gasteiger partial charge on any atom is -0.289 e. The van der Waals surface area contributed by atoms with Crippen molar-refractivity contribution in [3.63, 3.8) is 0 Å². The Balaban J connectivity index is 2.36. The molecule has 0 spiro atoms. The first kappa shape index (κ1) is 12.9. The molecule has 1 unspecified atom stereocenters. The van der Waals surface area contributed by atoms with Gasteiger partial charge in [-0.05, 0) is 37.5 Å². The molecule has 20 heavy (non-hydrogen) atoms. The Hall–Kier alpha value is -2.15. The van der Waals surface area contributed by atoms with E-state index in [2.05, 4.69) is 44.2 Å². The lowest BCUT2D eigenvalue weighted by Gasteiger charge is -2.38. The molecule has 2 aromatic rings. The molecule has 1 heteroatoms. The molecule has 1 aliphatic carbocycles. The summed E-state index contributed by atoms with van der Waals surface area (Å²) in [5.74, 6) is 0.159. The van der Waals surface area contributed by atoms with Crippen LogP contribution in [-0.4, -0.2) is 5.78 Å². The highest BCUT2D eigenvalue weighted by Crippen LogP contribution is 2.45. The highest BCUT2D eigenvalue weighted by Gasteiger charge is 2.39. The molecule has 0 aliphatic heterocycles. The van der Waals surface area contributed by atoms with Gasteiger partial charge in [0, 0.05) is 11.0 Å². The molecule has 0 radical (unpaired) electrons. The molecule has 0 saturated heterocycles. The number of benzene rings is 2. The van der Waals surface area contributed by atoms with Gasteiger partial charge >= 0.3 is 0 Å². The Morgan fingerprint density at radius 1 is 0.850 bits per heavy atom. The molecule has 0 aromatic heterocycles. The molecule has 0 fully saturated rings. The lowest BCUT2D eigenvalue weighted by atomic mass is 9.64. The fraction of sp³-hybridized carbons (Fsp3) is 0.211. The van der Waals surface area contributed by atoms with Crippen molar-refractivity contribution in [2.75, 3.05) is 0 Å². The zero-order valence-corrected chi connectivity index (χ0v) is 12.1. The molecule has 1 nitrogen and oxygen atoms in total. The standard InChI is InChI=1S/C19H18O/c1-13-14(2)19(3,15-9-5-4-6-10-15)17-12-8-7-11-16(17)18(13)20/h4-12H,1-3H3. The summed E-state index contributed by atoms with van der Waals surface area (Å²) in [5.41, 5.74) is 4.97. The predicted octanol–water partition coefficient (Wildman–Crippen LogP) is 4.53. The summed E-state index contributed by atoms with van der Waals surface area (Å²) in [6.07, 6.45) is 0. The van der Waals surface area contributed by atoms with E-state index in [0.717, 1.165) is 22.3 Å². The van der Waals surface area contributed by atoms with E-state index in [-0.39, 0.29) is 11.2 Å². The van der Waals surface area contributed by atoms with Gasteiger partial charge in [0.05, 0.1) is 0 Å². The van der Waals surface area contributed by atoms with Gasteiger partial charge in [0.25, 0.3) is 0 Å². The first-order chi connectivity index (χ1) is 9.56. The monoisotopic (exact) mass is 262 g/mol. The number of ketones is 1. The van der Waals surface area contributed by atoms with E-state index in [0.29, 0.717) is 0 Å². The Morgan fingerprint density at radius 2 is 1.45 bits per heavy atom. The van der Waals surface area contributed by atoms with Crippen LogP contribution in [0.2, 0.25) is 0 Å². The van der Waals surface area contributed by atoms with Crippen LogP contribution >= 0.6 is 0 Å². The molecule has 3 rings (SSSR count). The lowest BCUT2D eigenvalue weighted by molar-refractivity contribution is 0.102. The Morgan fingerprint density at radius 3 is 2.15 bits per heavy atom. The number of hydrogen-bond donors (Lipinski definition) is 0. The first-order valence-electron chi connectivity index (χ1n) is 6.94. The molecule has 0 N–H and O–H groups in total. The number of fused-ring (bicyclic) bond motifs is 1. The second-order valence-electron chi connectivity index (χ2n) is 5.62. The van der Waals surface area contributed by atoms with E-state index >= 15 is 0 Å². The molecule has 2 aromatic carbocycles. The third kappa shape index (κ3) is 1.59. The maximum atomic E-state index is 12.5. The van der Waals surface area contributed by atoms with Crippen molar-refractivity contribution >= 4 is 5.78 Å². The third-order valence-corrected chi connectivity index (χ3v) is 4.71. The van der Waals surface area contributed by atoms with Gasteiger partial charge in [-0.25, -0.2) is 0 Å². The average molecular weight is 262 g/mol. The van der Waals surface area contributed by atoms with Crippen LogP contribution in [0.4, 0.5) is 0 Å². The topological polar surface area (TPSA) is 17.1 Å². The van der Waals surface area contributed by atoms with Gasteiger partial charge in [-0.3, -0.25) is 4.79 Å². The maximum absolute atomic E-state index is 12.5. The minimum absolute atomic E-state index is 0.159. The van der Waals surface area contributed by atoms with E-state index in [1.54, 1.807) is 0 Å². The van der Waals surface area contributed by atoms with Crippen LogP contribution in [0.5, 0.6) is 0 Å². The van der Waals surface area contributed by atoms with Crippen LogP contribution in [0.3, 0.4) is 0 Å². The number of Topliss-reactive ketones (excluding diaryl/α,β-unsaturated/α-hetero) is 1. The van der Waals surface area contributed by atoms with Gasteiger partial charge in [-0.15, -0.1) is 0 Å². The second-order valence-corrected chi connectivity index (χ2v) is 5.62. The van der Waals surface area contributed by atoms with Crippen LogP contribution in [0, 0.1) is 0 Å². The van der Waals surface area contributed by atoms with E-state index in [1.165, 1.54) is 5.56 Å². The quantitative estimate of drug-likeness (QED) is 0.738. The largest absolute Gasteiger partial charge is 0.289 e. The zero-order valence-electron chi connectivity index (χ0n) is 12.1. The van der Waals surface area contributed by atoms with Gasteiger partial charge in [0.1, 0.15) is 0 Å². The zero-order chi connectivity index (χ0) is 14.3. The maximum Gasteiger partial charge on any atom is 0.189 e. The molecular weight excluding hydrogens is 244 g/mol. The third-order valence-electron chi connectivity index (χ3n) is 4.71. The van der Waals surface area contributed by atoms with Gasteiger partial charge in [-0.2, -0.15) is 0 Å². The second kappa shape index (κ2) is 4.45. The van der Waals surface area contributed by atoms with Crippen LogP contribution < -0.4 is 0 Å². The van der Waals surface area contributed by atoms with E-state index in [9.17, 15) is 4.79 Å². The van der Waals surface area contributed by atoms with E-state index < -0.39 is 0 Å². The van der Waals surface area contributed by atoms with Crippen molar-refractivity contribution in [2.45, 2.75) is 26.2 Å². The predicted molar refractivity (Wildman–Crippen MR) is 82.0 cm³/mol. The molecule has 100 valence electrons. The summed E-state index contributed by atoms with van der Waals surface area (Å²) in [5, 5.41) is 0. The molecular formula is C19H18O. The van der Waals surface area contributed by atoms with Crippen molar-refractivity contribution in [1.29, 1.82) is 0 Å². The minimum atomic E-state index is -0.226. The SMILES string of the molecule is CC1=C(C)C(C)(c2ccccc2)c2ccccc2C1=O. The number of hydrogen-bond acceptors (Lipinski definition) is 1. The normalized spacial score (nSPS) is 21.9. The van der Waals surface area contributed by atoms with E-state index in [1.807, 2.05) is 31.2 Å². The molecule has 1 aliphatic rings. The smallest absolute Gasteiger partial charge is 0.189 e. The molecule has 1 atom stereocenters. The van der Waals surface area contributed by atoms with Crippen molar-refractivity contribution < 1.29 is 4.79 Å². The highest BCUT2D eigenvalue weighted by atomic mass is 16.1. The fourth-order valence-electron chi connectivity index (χ4n) is 3.21. The van der Waals surface area contributed by atoms with Crippen molar-refractivity contribution in [3.05, 3.63) is 82.4 Å². The number of carbonyl (C=O) groups is 1. The number of allylic oxidation sites excluding steroid dienone is 2. The van der Waals surface area contributed by atoms with Crippen LogP contribution in [0.25, 0.3) is 0 Å². The van der Waals surface area contributed by atoms with Gasteiger partial charge in [0.2, 0.25) is 0 Å². The fourth-order valence-corrected chi connectivity index (χ4v) is 3.21. The summed E-state index contributed by atoms with van der Waals surface area (Å²) >= 11 is 0. The van der Waals surface area contributed by atoms with Crippen molar-refractivity contribution in [1.82, 2.24) is 0 Å². The highest BCUT2D eigenvalue weighted by molar-refractivity contribution is 6.12. The molecule has 0 amide bonds. The molecule has 0 bridgehead atoms. The summed E-state index contributed by atoms with van der Waals surface area (Å²) in [4.78, 5) is 12.5. The summed E-state index contributed by atoms with van der Waals surface area (Å²) in [6.45, 7) is 6.23. The van der Waals surface area contributed by atoms with Crippen LogP contribution in [0.15, 0.2) is 65.7 Å². The van der Waals surface area contributed by atoms with Crippen molar-refractivity contribution in [2.24, 2.45) is 0 Å². The van der Waals surface area contributed by atoms with Crippen LogP contribution in [-0.2, 0) is 5.41 Å². The summed E-state index contributed by atoms with van der Waals surface area (Å²) in [6, 6.07) is 18.4. The van der Waals surface area contributed by atoms with Crippen molar-refractivity contribution in [3.8, 4) is 0 Å². The summed E-state index contributed by atoms with van der Waals surface area (Å²) < 4.78 is 0. The number of rotatable bonds is 1. The van der Waals surface area contributed by atoms with Crippen LogP contribution in [0.1, 0.15) is 42.3 Å². The first-order valence-corrected chi connectivity index (χ1v) is 6.94. The Bertz CT molecular complexity index is 710. The van der Waals surface area contributed by atoms with Gasteiger partial charge < -0.3 is 0 Å². The van der Waals surface area contributed by atoms with E-state index in [4.69, 9.17) is 0 Å². The Kier molecular flexibility index (Phi) is 2.86.